The van der Waals surface area contributed by atoms with Crippen LogP contribution >= 0.6 is 12.4 Å². The van der Waals surface area contributed by atoms with Gasteiger partial charge < -0.3 is 15.0 Å². The van der Waals surface area contributed by atoms with E-state index in [1.807, 2.05) is 56.4 Å². The Morgan fingerprint density at radius 3 is 2.83 bits per heavy atom. The molecule has 0 radical (unpaired) electrons. The molecule has 1 aliphatic rings. The maximum atomic E-state index is 12.5. The summed E-state index contributed by atoms with van der Waals surface area (Å²) < 4.78 is 5.76. The minimum atomic E-state index is 0. The number of rotatable bonds is 5. The Hall–Kier alpha value is -2.20. The summed E-state index contributed by atoms with van der Waals surface area (Å²) in [4.78, 5) is 14.2. The van der Waals surface area contributed by atoms with E-state index in [1.54, 1.807) is 4.90 Å². The predicted octanol–water partition coefficient (Wildman–Crippen LogP) is 3.54. The SMILES string of the molecule is Cc1ccccc1OCCN(C)C(=O)c1ccc2c(c1)CCN2.Cl. The normalized spacial score (nSPS) is 11.9. The number of aryl methyl sites for hydroxylation is 1. The van der Waals surface area contributed by atoms with Gasteiger partial charge in [-0.05, 0) is 48.7 Å². The van der Waals surface area contributed by atoms with Crippen LogP contribution in [-0.2, 0) is 6.42 Å². The van der Waals surface area contributed by atoms with E-state index in [0.717, 1.165) is 35.5 Å². The number of likely N-dealkylation sites (N-methyl/N-ethyl adjacent to an activating group) is 1. The topological polar surface area (TPSA) is 41.6 Å². The number of para-hydroxylation sites is 1. The minimum absolute atomic E-state index is 0. The van der Waals surface area contributed by atoms with Crippen molar-refractivity contribution in [3.8, 4) is 5.75 Å². The molecule has 2 aromatic rings. The number of hydrogen-bond acceptors (Lipinski definition) is 3. The fourth-order valence-electron chi connectivity index (χ4n) is 2.77. The zero-order valence-corrected chi connectivity index (χ0v) is 14.9. The number of nitrogens with one attached hydrogen (secondary N) is 1. The van der Waals surface area contributed by atoms with Crippen LogP contribution in [0.25, 0.3) is 0 Å². The number of hydrogen-bond donors (Lipinski definition) is 1. The molecule has 128 valence electrons. The number of halogens is 1. The highest BCUT2D eigenvalue weighted by Crippen LogP contribution is 2.23. The summed E-state index contributed by atoms with van der Waals surface area (Å²) >= 11 is 0. The van der Waals surface area contributed by atoms with Crippen molar-refractivity contribution < 1.29 is 9.53 Å². The van der Waals surface area contributed by atoms with Gasteiger partial charge in [-0.15, -0.1) is 12.4 Å². The number of nitrogens with zero attached hydrogens (tertiary/aromatic N) is 1. The van der Waals surface area contributed by atoms with Crippen molar-refractivity contribution in [1.29, 1.82) is 0 Å². The molecule has 0 fully saturated rings. The van der Waals surface area contributed by atoms with Gasteiger partial charge in [0.1, 0.15) is 12.4 Å². The van der Waals surface area contributed by atoms with E-state index in [-0.39, 0.29) is 18.3 Å². The highest BCUT2D eigenvalue weighted by atomic mass is 35.5. The van der Waals surface area contributed by atoms with Gasteiger partial charge in [-0.3, -0.25) is 4.79 Å². The van der Waals surface area contributed by atoms with Crippen molar-refractivity contribution in [2.24, 2.45) is 0 Å². The lowest BCUT2D eigenvalue weighted by Gasteiger charge is -2.18. The molecule has 0 bridgehead atoms. The largest absolute Gasteiger partial charge is 0.491 e. The van der Waals surface area contributed by atoms with Crippen LogP contribution in [0.15, 0.2) is 42.5 Å². The fourth-order valence-corrected chi connectivity index (χ4v) is 2.77. The van der Waals surface area contributed by atoms with Crippen molar-refractivity contribution in [3.63, 3.8) is 0 Å². The molecular formula is C19H23ClN2O2. The van der Waals surface area contributed by atoms with Gasteiger partial charge in [0.15, 0.2) is 0 Å². The number of benzene rings is 2. The van der Waals surface area contributed by atoms with Crippen LogP contribution in [0.1, 0.15) is 21.5 Å². The summed E-state index contributed by atoms with van der Waals surface area (Å²) in [7, 11) is 1.81. The average molecular weight is 347 g/mol. The lowest BCUT2D eigenvalue weighted by Crippen LogP contribution is -2.31. The molecule has 0 atom stereocenters. The summed E-state index contributed by atoms with van der Waals surface area (Å²) in [5, 5.41) is 3.31. The molecule has 2 aromatic carbocycles. The van der Waals surface area contributed by atoms with Crippen LogP contribution in [0.5, 0.6) is 5.75 Å². The molecular weight excluding hydrogens is 324 g/mol. The molecule has 1 aliphatic heterocycles. The summed E-state index contributed by atoms with van der Waals surface area (Å²) in [6, 6.07) is 13.8. The van der Waals surface area contributed by atoms with Crippen molar-refractivity contribution in [2.45, 2.75) is 13.3 Å². The van der Waals surface area contributed by atoms with Gasteiger partial charge in [-0.2, -0.15) is 0 Å². The van der Waals surface area contributed by atoms with E-state index in [0.29, 0.717) is 13.2 Å². The molecule has 24 heavy (non-hydrogen) atoms. The van der Waals surface area contributed by atoms with E-state index < -0.39 is 0 Å². The molecule has 1 N–H and O–H groups in total. The Kier molecular flexibility index (Phi) is 6.10. The number of anilines is 1. The average Bonchev–Trinajstić information content (AvgIpc) is 3.03. The highest BCUT2D eigenvalue weighted by molar-refractivity contribution is 5.94. The summed E-state index contributed by atoms with van der Waals surface area (Å²) in [5.74, 6) is 0.907. The van der Waals surface area contributed by atoms with Crippen LogP contribution in [0, 0.1) is 6.92 Å². The van der Waals surface area contributed by atoms with Gasteiger partial charge >= 0.3 is 0 Å². The highest BCUT2D eigenvalue weighted by Gasteiger charge is 2.16. The van der Waals surface area contributed by atoms with Crippen molar-refractivity contribution in [2.75, 3.05) is 32.1 Å². The van der Waals surface area contributed by atoms with Crippen LogP contribution in [0.3, 0.4) is 0 Å². The Morgan fingerprint density at radius 2 is 2.04 bits per heavy atom. The van der Waals surface area contributed by atoms with Crippen molar-refractivity contribution >= 4 is 24.0 Å². The van der Waals surface area contributed by atoms with E-state index >= 15 is 0 Å². The molecule has 3 rings (SSSR count). The Morgan fingerprint density at radius 1 is 1.25 bits per heavy atom. The molecule has 0 saturated carbocycles. The van der Waals surface area contributed by atoms with Gasteiger partial charge in [0.05, 0.1) is 6.54 Å². The Balaban J connectivity index is 0.00000208. The first-order chi connectivity index (χ1) is 11.1. The molecule has 0 aliphatic carbocycles. The zero-order chi connectivity index (χ0) is 16.2. The lowest BCUT2D eigenvalue weighted by atomic mass is 10.1. The smallest absolute Gasteiger partial charge is 0.253 e. The standard InChI is InChI=1S/C19H22N2O2.ClH/c1-14-5-3-4-6-18(14)23-12-11-21(2)19(22)16-7-8-17-15(13-16)9-10-20-17;/h3-8,13,20H,9-12H2,1-2H3;1H. The second-order valence-corrected chi connectivity index (χ2v) is 5.89. The fraction of sp³-hybridized carbons (Fsp3) is 0.316. The van der Waals surface area contributed by atoms with Crippen LogP contribution in [-0.4, -0.2) is 37.6 Å². The number of carbonyl (C=O) groups is 1. The number of carbonyl (C=O) groups excluding carboxylic acids is 1. The van der Waals surface area contributed by atoms with Gasteiger partial charge in [-0.25, -0.2) is 0 Å². The van der Waals surface area contributed by atoms with Crippen LogP contribution < -0.4 is 10.1 Å². The first-order valence-corrected chi connectivity index (χ1v) is 7.96. The maximum absolute atomic E-state index is 12.5. The first-order valence-electron chi connectivity index (χ1n) is 7.96. The number of amides is 1. The van der Waals surface area contributed by atoms with E-state index in [1.165, 1.54) is 5.56 Å². The van der Waals surface area contributed by atoms with Gasteiger partial charge in [0.25, 0.3) is 5.91 Å². The van der Waals surface area contributed by atoms with Gasteiger partial charge in [0.2, 0.25) is 0 Å². The van der Waals surface area contributed by atoms with Crippen LogP contribution in [0.4, 0.5) is 5.69 Å². The molecule has 1 amide bonds. The third-order valence-corrected chi connectivity index (χ3v) is 4.19. The number of ether oxygens (including phenoxy) is 1. The summed E-state index contributed by atoms with van der Waals surface area (Å²) in [5.41, 5.74) is 4.21. The Labute approximate surface area is 149 Å². The number of fused-ring (bicyclic) bond motifs is 1. The predicted molar refractivity (Wildman–Crippen MR) is 99.5 cm³/mol. The Bertz CT molecular complexity index is 718. The molecule has 4 nitrogen and oxygen atoms in total. The van der Waals surface area contributed by atoms with Gasteiger partial charge in [-0.1, -0.05) is 18.2 Å². The maximum Gasteiger partial charge on any atom is 0.253 e. The van der Waals surface area contributed by atoms with E-state index in [2.05, 4.69) is 5.32 Å². The quantitative estimate of drug-likeness (QED) is 0.900. The second kappa shape index (κ2) is 8.06. The molecule has 0 aromatic heterocycles. The third-order valence-electron chi connectivity index (χ3n) is 4.19. The molecule has 5 heteroatoms. The first kappa shape index (κ1) is 18.1. The molecule has 0 spiro atoms. The van der Waals surface area contributed by atoms with Crippen molar-refractivity contribution in [1.82, 2.24) is 4.90 Å². The molecule has 0 saturated heterocycles. The second-order valence-electron chi connectivity index (χ2n) is 5.89. The lowest BCUT2D eigenvalue weighted by molar-refractivity contribution is 0.0773. The molecule has 1 heterocycles. The van der Waals surface area contributed by atoms with E-state index in [9.17, 15) is 4.79 Å². The van der Waals surface area contributed by atoms with Crippen molar-refractivity contribution in [3.05, 3.63) is 59.2 Å². The summed E-state index contributed by atoms with van der Waals surface area (Å²) in [6.45, 7) is 4.01. The van der Waals surface area contributed by atoms with Crippen LogP contribution in [0.2, 0.25) is 0 Å². The third kappa shape index (κ3) is 4.01. The summed E-state index contributed by atoms with van der Waals surface area (Å²) in [6.07, 6.45) is 0.983. The molecule has 0 unspecified atom stereocenters. The van der Waals surface area contributed by atoms with Gasteiger partial charge in [0, 0.05) is 24.8 Å². The van der Waals surface area contributed by atoms with E-state index in [4.69, 9.17) is 4.74 Å². The minimum Gasteiger partial charge on any atom is -0.491 e. The monoisotopic (exact) mass is 346 g/mol. The zero-order valence-electron chi connectivity index (χ0n) is 14.0.